The van der Waals surface area contributed by atoms with E-state index in [9.17, 15) is 9.59 Å². The molecule has 0 radical (unpaired) electrons. The fraction of sp³-hybridized carbons (Fsp3) is 0.429. The maximum Gasteiger partial charge on any atom is 0.323 e. The Morgan fingerprint density at radius 2 is 1.81 bits per heavy atom. The highest BCUT2D eigenvalue weighted by molar-refractivity contribution is 9.10. The number of alkyl halides is 1. The van der Waals surface area contributed by atoms with Crippen molar-refractivity contribution in [2.24, 2.45) is 5.92 Å². The van der Waals surface area contributed by atoms with E-state index in [0.717, 1.165) is 5.69 Å². The number of amides is 1. The summed E-state index contributed by atoms with van der Waals surface area (Å²) >= 11 is 3.39. The van der Waals surface area contributed by atoms with Crippen LogP contribution in [-0.4, -0.2) is 34.8 Å². The standard InChI is InChI=1S/C14H19BrN4O2/c1-7(2)12(15)13(20)16-10-5-8-9(18-14(21)17-8)6-11(10)19(3)4/h5-7,12H,1-4H3,(H,16,20)(H2,17,18,21)/t12-/m1/s1. The van der Waals surface area contributed by atoms with Gasteiger partial charge in [-0.15, -0.1) is 0 Å². The number of hydrogen-bond donors (Lipinski definition) is 3. The molecule has 1 aromatic heterocycles. The Morgan fingerprint density at radius 3 is 2.33 bits per heavy atom. The zero-order chi connectivity index (χ0) is 15.7. The normalized spacial score (nSPS) is 12.7. The molecule has 1 amide bonds. The number of nitrogens with one attached hydrogen (secondary N) is 3. The Balaban J connectivity index is 2.43. The molecule has 3 N–H and O–H groups in total. The Hall–Kier alpha value is -1.76. The van der Waals surface area contributed by atoms with E-state index < -0.39 is 0 Å². The molecule has 0 unspecified atom stereocenters. The molecule has 7 heteroatoms. The number of halogens is 1. The van der Waals surface area contributed by atoms with Gasteiger partial charge in [0.2, 0.25) is 5.91 Å². The molecule has 0 spiro atoms. The van der Waals surface area contributed by atoms with Crippen LogP contribution in [0, 0.1) is 5.92 Å². The van der Waals surface area contributed by atoms with Crippen LogP contribution in [0.4, 0.5) is 11.4 Å². The van der Waals surface area contributed by atoms with Gasteiger partial charge in [-0.25, -0.2) is 4.79 Å². The maximum absolute atomic E-state index is 12.2. The van der Waals surface area contributed by atoms with Crippen LogP contribution >= 0.6 is 15.9 Å². The lowest BCUT2D eigenvalue weighted by molar-refractivity contribution is -0.116. The minimum atomic E-state index is -0.270. The lowest BCUT2D eigenvalue weighted by atomic mass is 10.1. The van der Waals surface area contributed by atoms with Gasteiger partial charge >= 0.3 is 5.69 Å². The molecular formula is C14H19BrN4O2. The fourth-order valence-electron chi connectivity index (χ4n) is 2.05. The van der Waals surface area contributed by atoms with Crippen molar-refractivity contribution in [1.82, 2.24) is 9.97 Å². The zero-order valence-electron chi connectivity index (χ0n) is 12.5. The van der Waals surface area contributed by atoms with Gasteiger partial charge < -0.3 is 20.2 Å². The number of fused-ring (bicyclic) bond motifs is 1. The van der Waals surface area contributed by atoms with Gasteiger partial charge in [-0.2, -0.15) is 0 Å². The molecule has 0 aliphatic heterocycles. The monoisotopic (exact) mass is 354 g/mol. The van der Waals surface area contributed by atoms with Gasteiger partial charge in [0.05, 0.1) is 27.2 Å². The highest BCUT2D eigenvalue weighted by atomic mass is 79.9. The van der Waals surface area contributed by atoms with Gasteiger partial charge in [0, 0.05) is 14.1 Å². The molecule has 1 aromatic carbocycles. The molecule has 21 heavy (non-hydrogen) atoms. The van der Waals surface area contributed by atoms with Gasteiger partial charge in [-0.3, -0.25) is 4.79 Å². The van der Waals surface area contributed by atoms with Crippen molar-refractivity contribution >= 4 is 44.2 Å². The predicted octanol–water partition coefficient (Wildman–Crippen LogP) is 2.28. The number of aromatic nitrogens is 2. The first-order chi connectivity index (χ1) is 9.79. The molecule has 2 aromatic rings. The molecule has 0 fully saturated rings. The first-order valence-electron chi connectivity index (χ1n) is 6.68. The molecular weight excluding hydrogens is 336 g/mol. The minimum absolute atomic E-state index is 0.106. The summed E-state index contributed by atoms with van der Waals surface area (Å²) in [5, 5.41) is 2.91. The second-order valence-corrected chi connectivity index (χ2v) is 6.51. The zero-order valence-corrected chi connectivity index (χ0v) is 14.0. The van der Waals surface area contributed by atoms with E-state index in [1.54, 1.807) is 6.07 Å². The minimum Gasteiger partial charge on any atom is -0.376 e. The number of anilines is 2. The molecule has 1 heterocycles. The van der Waals surface area contributed by atoms with Crippen molar-refractivity contribution in [2.45, 2.75) is 18.7 Å². The highest BCUT2D eigenvalue weighted by Crippen LogP contribution is 2.29. The average Bonchev–Trinajstić information content (AvgIpc) is 2.75. The van der Waals surface area contributed by atoms with Gasteiger partial charge in [0.15, 0.2) is 0 Å². The Labute approximate surface area is 131 Å². The molecule has 0 saturated carbocycles. The number of hydrogen-bond acceptors (Lipinski definition) is 3. The van der Waals surface area contributed by atoms with Crippen LogP contribution in [-0.2, 0) is 4.79 Å². The summed E-state index contributed by atoms with van der Waals surface area (Å²) < 4.78 is 0. The second-order valence-electron chi connectivity index (χ2n) is 5.52. The number of benzene rings is 1. The number of nitrogens with zero attached hydrogens (tertiary/aromatic N) is 1. The smallest absolute Gasteiger partial charge is 0.323 e. The van der Waals surface area contributed by atoms with Crippen LogP contribution in [0.15, 0.2) is 16.9 Å². The van der Waals surface area contributed by atoms with Crippen LogP contribution < -0.4 is 15.9 Å². The third-order valence-electron chi connectivity index (χ3n) is 3.21. The van der Waals surface area contributed by atoms with Gasteiger partial charge in [-0.1, -0.05) is 29.8 Å². The molecule has 0 saturated heterocycles. The lowest BCUT2D eigenvalue weighted by Gasteiger charge is -2.20. The van der Waals surface area contributed by atoms with Crippen molar-refractivity contribution < 1.29 is 4.79 Å². The van der Waals surface area contributed by atoms with Gasteiger partial charge in [-0.05, 0) is 18.1 Å². The van der Waals surface area contributed by atoms with E-state index in [0.29, 0.717) is 16.7 Å². The molecule has 0 aliphatic carbocycles. The molecule has 114 valence electrons. The number of imidazole rings is 1. The molecule has 0 aliphatic rings. The number of rotatable bonds is 4. The first-order valence-corrected chi connectivity index (χ1v) is 7.59. The van der Waals surface area contributed by atoms with Crippen molar-refractivity contribution in [3.8, 4) is 0 Å². The Bertz CT molecular complexity index is 717. The average molecular weight is 355 g/mol. The van der Waals surface area contributed by atoms with Crippen LogP contribution in [0.2, 0.25) is 0 Å². The number of carbonyl (C=O) groups excluding carboxylic acids is 1. The van der Waals surface area contributed by atoms with Crippen molar-refractivity contribution in [3.05, 3.63) is 22.6 Å². The number of aromatic amines is 2. The van der Waals surface area contributed by atoms with Crippen molar-refractivity contribution in [1.29, 1.82) is 0 Å². The summed E-state index contributed by atoms with van der Waals surface area (Å²) in [6.45, 7) is 3.94. The summed E-state index contributed by atoms with van der Waals surface area (Å²) in [6, 6.07) is 3.60. The highest BCUT2D eigenvalue weighted by Gasteiger charge is 2.20. The third kappa shape index (κ3) is 3.29. The van der Waals surface area contributed by atoms with E-state index in [4.69, 9.17) is 0 Å². The lowest BCUT2D eigenvalue weighted by Crippen LogP contribution is -2.27. The molecule has 0 bridgehead atoms. The molecule has 1 atom stereocenters. The first kappa shape index (κ1) is 15.6. The third-order valence-corrected chi connectivity index (χ3v) is 4.68. The molecule has 6 nitrogen and oxygen atoms in total. The van der Waals surface area contributed by atoms with Gasteiger partial charge in [0.1, 0.15) is 0 Å². The molecule has 2 rings (SSSR count). The van der Waals surface area contributed by atoms with Crippen molar-refractivity contribution in [2.75, 3.05) is 24.3 Å². The largest absolute Gasteiger partial charge is 0.376 e. The van der Waals surface area contributed by atoms with Gasteiger partial charge in [0.25, 0.3) is 0 Å². The van der Waals surface area contributed by atoms with Crippen molar-refractivity contribution in [3.63, 3.8) is 0 Å². The van der Waals surface area contributed by atoms with Crippen LogP contribution in [0.1, 0.15) is 13.8 Å². The summed E-state index contributed by atoms with van der Waals surface area (Å²) in [7, 11) is 3.77. The van der Waals surface area contributed by atoms with Crippen LogP contribution in [0.25, 0.3) is 11.0 Å². The van der Waals surface area contributed by atoms with Crippen LogP contribution in [0.3, 0.4) is 0 Å². The summed E-state index contributed by atoms with van der Waals surface area (Å²) in [5.41, 5.74) is 2.60. The summed E-state index contributed by atoms with van der Waals surface area (Å²) in [4.78, 5) is 30.6. The summed E-state index contributed by atoms with van der Waals surface area (Å²) in [6.07, 6.45) is 0. The van der Waals surface area contributed by atoms with E-state index in [1.807, 2.05) is 38.9 Å². The van der Waals surface area contributed by atoms with E-state index in [1.165, 1.54) is 0 Å². The second kappa shape index (κ2) is 5.93. The van der Waals surface area contributed by atoms with E-state index in [2.05, 4.69) is 31.2 Å². The quantitative estimate of drug-likeness (QED) is 0.736. The predicted molar refractivity (Wildman–Crippen MR) is 89.4 cm³/mol. The topological polar surface area (TPSA) is 81.0 Å². The van der Waals surface area contributed by atoms with E-state index in [-0.39, 0.29) is 22.3 Å². The van der Waals surface area contributed by atoms with E-state index >= 15 is 0 Å². The Kier molecular flexibility index (Phi) is 4.41. The SMILES string of the molecule is CC(C)[C@@H](Br)C(=O)Nc1cc2[nH]c(=O)[nH]c2cc1N(C)C. The number of H-pyrrole nitrogens is 2. The summed E-state index contributed by atoms with van der Waals surface area (Å²) in [5.74, 6) is 0.0777. The maximum atomic E-state index is 12.2. The Morgan fingerprint density at radius 1 is 1.24 bits per heavy atom. The van der Waals surface area contributed by atoms with Crippen LogP contribution in [0.5, 0.6) is 0 Å². The fourth-order valence-corrected chi connectivity index (χ4v) is 2.16. The number of carbonyl (C=O) groups is 1.